The summed E-state index contributed by atoms with van der Waals surface area (Å²) in [6, 6.07) is 7.18. The van der Waals surface area contributed by atoms with Gasteiger partial charge >= 0.3 is 0 Å². The number of aliphatic imine (C=N–C) groups is 1. The molecule has 2 fully saturated rings. The average molecular weight is 368 g/mol. The van der Waals surface area contributed by atoms with E-state index in [2.05, 4.69) is 4.99 Å². The molecule has 130 valence electrons. The number of hydrogen-bond acceptors (Lipinski definition) is 5. The van der Waals surface area contributed by atoms with Crippen LogP contribution in [0, 0.1) is 5.92 Å². The van der Waals surface area contributed by atoms with E-state index in [-0.39, 0.29) is 34.6 Å². The second kappa shape index (κ2) is 6.40. The molecule has 8 heteroatoms. The molecule has 0 aromatic heterocycles. The van der Waals surface area contributed by atoms with E-state index < -0.39 is 9.84 Å². The fraction of sp³-hybridized carbons (Fsp3) is 0.500. The number of ether oxygens (including phenoxy) is 1. The minimum absolute atomic E-state index is 0.0801. The summed E-state index contributed by atoms with van der Waals surface area (Å²) in [5.41, 5.74) is 0.793. The van der Waals surface area contributed by atoms with E-state index in [9.17, 15) is 13.2 Å². The van der Waals surface area contributed by atoms with Crippen molar-refractivity contribution >= 4 is 38.4 Å². The van der Waals surface area contributed by atoms with Gasteiger partial charge in [-0.3, -0.25) is 4.79 Å². The van der Waals surface area contributed by atoms with Gasteiger partial charge in [-0.2, -0.15) is 4.99 Å². The van der Waals surface area contributed by atoms with Gasteiger partial charge in [0.05, 0.1) is 24.7 Å². The van der Waals surface area contributed by atoms with Crippen LogP contribution in [0.5, 0.6) is 5.75 Å². The SMILES string of the molecule is COc1cccc(N2C(=NC(=O)C(C)C)S[C@H]3CS(=O)(=O)C[C@H]32)c1. The van der Waals surface area contributed by atoms with Crippen LogP contribution >= 0.6 is 11.8 Å². The van der Waals surface area contributed by atoms with Gasteiger partial charge in [-0.1, -0.05) is 31.7 Å². The van der Waals surface area contributed by atoms with E-state index in [1.165, 1.54) is 11.8 Å². The van der Waals surface area contributed by atoms with Gasteiger partial charge in [0, 0.05) is 22.9 Å². The highest BCUT2D eigenvalue weighted by molar-refractivity contribution is 8.16. The Labute approximate surface area is 146 Å². The van der Waals surface area contributed by atoms with Gasteiger partial charge in [-0.25, -0.2) is 8.42 Å². The molecule has 2 atom stereocenters. The zero-order chi connectivity index (χ0) is 17.5. The quantitative estimate of drug-likeness (QED) is 0.812. The van der Waals surface area contributed by atoms with Crippen molar-refractivity contribution in [3.8, 4) is 5.75 Å². The summed E-state index contributed by atoms with van der Waals surface area (Å²) in [7, 11) is -1.48. The lowest BCUT2D eigenvalue weighted by atomic mass is 10.2. The summed E-state index contributed by atoms with van der Waals surface area (Å²) in [6.07, 6.45) is 0. The van der Waals surface area contributed by atoms with Crippen LogP contribution in [0.15, 0.2) is 29.3 Å². The largest absolute Gasteiger partial charge is 0.497 e. The first-order chi connectivity index (χ1) is 11.3. The highest BCUT2D eigenvalue weighted by Gasteiger charge is 2.49. The minimum Gasteiger partial charge on any atom is -0.497 e. The number of carbonyl (C=O) groups excluding carboxylic acids is 1. The Morgan fingerprint density at radius 2 is 2.12 bits per heavy atom. The van der Waals surface area contributed by atoms with Gasteiger partial charge < -0.3 is 9.64 Å². The normalized spacial score (nSPS) is 26.8. The molecule has 6 nitrogen and oxygen atoms in total. The van der Waals surface area contributed by atoms with Crippen LogP contribution in [-0.2, 0) is 14.6 Å². The van der Waals surface area contributed by atoms with Crippen LogP contribution in [0.4, 0.5) is 5.69 Å². The Morgan fingerprint density at radius 1 is 1.38 bits per heavy atom. The van der Waals surface area contributed by atoms with Gasteiger partial charge in [0.15, 0.2) is 15.0 Å². The summed E-state index contributed by atoms with van der Waals surface area (Å²) >= 11 is 1.38. The van der Waals surface area contributed by atoms with Crippen molar-refractivity contribution in [3.63, 3.8) is 0 Å². The van der Waals surface area contributed by atoms with Crippen LogP contribution in [0.1, 0.15) is 13.8 Å². The maximum absolute atomic E-state index is 12.1. The van der Waals surface area contributed by atoms with E-state index >= 15 is 0 Å². The summed E-state index contributed by atoms with van der Waals surface area (Å²) in [4.78, 5) is 18.2. The standard InChI is InChI=1S/C16H20N2O4S2/c1-10(2)15(19)17-16-18(11-5-4-6-12(7-11)22-3)13-8-24(20,21)9-14(13)23-16/h4-7,10,13-14H,8-9H2,1-3H3/t13-,14+/m1/s1. The van der Waals surface area contributed by atoms with Gasteiger partial charge in [-0.05, 0) is 12.1 Å². The second-order valence-electron chi connectivity index (χ2n) is 6.26. The minimum atomic E-state index is -3.06. The molecule has 2 saturated heterocycles. The second-order valence-corrected chi connectivity index (χ2v) is 9.62. The van der Waals surface area contributed by atoms with E-state index in [4.69, 9.17) is 4.74 Å². The Kier molecular flexibility index (Phi) is 4.61. The molecule has 0 spiro atoms. The zero-order valence-electron chi connectivity index (χ0n) is 13.8. The number of carbonyl (C=O) groups is 1. The van der Waals surface area contributed by atoms with Crippen molar-refractivity contribution in [2.45, 2.75) is 25.1 Å². The maximum Gasteiger partial charge on any atom is 0.250 e. The molecule has 3 rings (SSSR count). The van der Waals surface area contributed by atoms with Crippen LogP contribution in [-0.4, -0.2) is 49.4 Å². The number of sulfone groups is 1. The van der Waals surface area contributed by atoms with Gasteiger partial charge in [-0.15, -0.1) is 0 Å². The number of hydrogen-bond donors (Lipinski definition) is 0. The van der Waals surface area contributed by atoms with Gasteiger partial charge in [0.25, 0.3) is 5.91 Å². The fourth-order valence-corrected chi connectivity index (χ4v) is 6.77. The Morgan fingerprint density at radius 3 is 2.79 bits per heavy atom. The third-order valence-corrected chi connectivity index (χ3v) is 7.31. The molecule has 2 aliphatic rings. The maximum atomic E-state index is 12.1. The number of methoxy groups -OCH3 is 1. The predicted molar refractivity (Wildman–Crippen MR) is 96.6 cm³/mol. The summed E-state index contributed by atoms with van der Waals surface area (Å²) < 4.78 is 29.3. The molecule has 0 N–H and O–H groups in total. The molecule has 1 aromatic carbocycles. The van der Waals surface area contributed by atoms with E-state index in [1.807, 2.05) is 29.2 Å². The molecule has 2 heterocycles. The van der Waals surface area contributed by atoms with Crippen LogP contribution in [0.3, 0.4) is 0 Å². The van der Waals surface area contributed by atoms with Crippen molar-refractivity contribution in [1.82, 2.24) is 0 Å². The Bertz CT molecular complexity index is 789. The van der Waals surface area contributed by atoms with E-state index in [1.54, 1.807) is 21.0 Å². The highest BCUT2D eigenvalue weighted by atomic mass is 32.2. The Balaban J connectivity index is 2.02. The number of nitrogens with zero attached hydrogens (tertiary/aromatic N) is 2. The van der Waals surface area contributed by atoms with E-state index in [0.29, 0.717) is 10.9 Å². The smallest absolute Gasteiger partial charge is 0.250 e. The first-order valence-electron chi connectivity index (χ1n) is 7.73. The zero-order valence-corrected chi connectivity index (χ0v) is 15.4. The number of fused-ring (bicyclic) bond motifs is 1. The molecular formula is C16H20N2O4S2. The summed E-state index contributed by atoms with van der Waals surface area (Å²) in [5, 5.41) is 0.478. The number of thioether (sulfide) groups is 1. The molecule has 0 aliphatic carbocycles. The lowest BCUT2D eigenvalue weighted by molar-refractivity contribution is -0.120. The fourth-order valence-electron chi connectivity index (χ4n) is 2.85. The molecule has 0 unspecified atom stereocenters. The van der Waals surface area contributed by atoms with Gasteiger partial charge in [0.2, 0.25) is 0 Å². The number of amidine groups is 1. The first-order valence-corrected chi connectivity index (χ1v) is 10.4. The first kappa shape index (κ1) is 17.3. The van der Waals surface area contributed by atoms with Crippen molar-refractivity contribution in [2.75, 3.05) is 23.5 Å². The molecule has 0 bridgehead atoms. The lowest BCUT2D eigenvalue weighted by Crippen LogP contribution is -2.37. The van der Waals surface area contributed by atoms with Crippen LogP contribution in [0.2, 0.25) is 0 Å². The number of rotatable bonds is 3. The van der Waals surface area contributed by atoms with Crippen molar-refractivity contribution < 1.29 is 17.9 Å². The average Bonchev–Trinajstić information content (AvgIpc) is 2.98. The monoisotopic (exact) mass is 368 g/mol. The van der Waals surface area contributed by atoms with Crippen molar-refractivity contribution in [1.29, 1.82) is 0 Å². The predicted octanol–water partition coefficient (Wildman–Crippen LogP) is 1.95. The number of amides is 1. The molecule has 0 radical (unpaired) electrons. The topological polar surface area (TPSA) is 76.0 Å². The highest BCUT2D eigenvalue weighted by Crippen LogP contribution is 2.41. The molecule has 0 saturated carbocycles. The lowest BCUT2D eigenvalue weighted by Gasteiger charge is -2.25. The van der Waals surface area contributed by atoms with Crippen LogP contribution < -0.4 is 9.64 Å². The van der Waals surface area contributed by atoms with Gasteiger partial charge in [0.1, 0.15) is 5.75 Å². The Hall–Kier alpha value is -1.54. The number of anilines is 1. The third kappa shape index (κ3) is 3.30. The summed E-state index contributed by atoms with van der Waals surface area (Å²) in [6.45, 7) is 3.60. The third-order valence-electron chi connectivity index (χ3n) is 4.10. The van der Waals surface area contributed by atoms with E-state index in [0.717, 1.165) is 5.69 Å². The summed E-state index contributed by atoms with van der Waals surface area (Å²) in [5.74, 6) is 0.480. The molecule has 2 aliphatic heterocycles. The molecule has 24 heavy (non-hydrogen) atoms. The molecule has 1 aromatic rings. The molecule has 1 amide bonds. The molecular weight excluding hydrogens is 348 g/mol. The number of benzene rings is 1. The van der Waals surface area contributed by atoms with Crippen LogP contribution in [0.25, 0.3) is 0 Å². The van der Waals surface area contributed by atoms with Crippen molar-refractivity contribution in [3.05, 3.63) is 24.3 Å². The van der Waals surface area contributed by atoms with Crippen molar-refractivity contribution in [2.24, 2.45) is 10.9 Å².